The summed E-state index contributed by atoms with van der Waals surface area (Å²) in [6.45, 7) is 5.45. The van der Waals surface area contributed by atoms with Gasteiger partial charge in [-0.15, -0.1) is 0 Å². The molecule has 0 bridgehead atoms. The van der Waals surface area contributed by atoms with Gasteiger partial charge in [-0.1, -0.05) is 12.1 Å². The van der Waals surface area contributed by atoms with Gasteiger partial charge in [-0.05, 0) is 42.9 Å². The number of benzene rings is 1. The van der Waals surface area contributed by atoms with E-state index in [0.717, 1.165) is 38.3 Å². The van der Waals surface area contributed by atoms with Gasteiger partial charge >= 0.3 is 0 Å². The van der Waals surface area contributed by atoms with Gasteiger partial charge in [0.2, 0.25) is 0 Å². The van der Waals surface area contributed by atoms with E-state index < -0.39 is 0 Å². The molecule has 104 valence electrons. The first kappa shape index (κ1) is 12.9. The number of aliphatic hydroxyl groups excluding tert-OH is 1. The van der Waals surface area contributed by atoms with E-state index >= 15 is 0 Å². The van der Waals surface area contributed by atoms with Crippen molar-refractivity contribution >= 4 is 0 Å². The molecule has 2 aliphatic heterocycles. The van der Waals surface area contributed by atoms with Crippen LogP contribution in [-0.2, 0) is 13.0 Å². The number of nitrogens with zero attached hydrogens (tertiary/aromatic N) is 1. The van der Waals surface area contributed by atoms with Gasteiger partial charge in [-0.2, -0.15) is 0 Å². The van der Waals surface area contributed by atoms with Crippen LogP contribution >= 0.6 is 0 Å². The number of ether oxygens (including phenoxy) is 1. The van der Waals surface area contributed by atoms with E-state index in [1.165, 1.54) is 17.5 Å². The Bertz CT molecular complexity index is 446. The van der Waals surface area contributed by atoms with Crippen LogP contribution in [0.15, 0.2) is 18.2 Å². The number of likely N-dealkylation sites (tertiary alicyclic amines) is 1. The normalized spacial score (nSPS) is 27.1. The van der Waals surface area contributed by atoms with Gasteiger partial charge in [0.05, 0.1) is 6.61 Å². The molecule has 2 atom stereocenters. The van der Waals surface area contributed by atoms with Crippen molar-refractivity contribution in [1.29, 1.82) is 0 Å². The minimum Gasteiger partial charge on any atom is -0.493 e. The van der Waals surface area contributed by atoms with E-state index in [1.807, 2.05) is 0 Å². The summed E-state index contributed by atoms with van der Waals surface area (Å²) in [5, 5.41) is 9.34. The minimum absolute atomic E-state index is 0.321. The van der Waals surface area contributed by atoms with Crippen LogP contribution < -0.4 is 4.74 Å². The van der Waals surface area contributed by atoms with Crippen molar-refractivity contribution < 1.29 is 9.84 Å². The van der Waals surface area contributed by atoms with Gasteiger partial charge in [0.15, 0.2) is 0 Å². The lowest BCUT2D eigenvalue weighted by Crippen LogP contribution is -2.42. The second kappa shape index (κ2) is 5.51. The minimum atomic E-state index is 0.321. The van der Waals surface area contributed by atoms with Crippen LogP contribution in [0.25, 0.3) is 0 Å². The summed E-state index contributed by atoms with van der Waals surface area (Å²) in [7, 11) is 0. The first-order valence-electron chi connectivity index (χ1n) is 7.36. The Balaban J connectivity index is 1.69. The zero-order valence-electron chi connectivity index (χ0n) is 11.6. The SMILES string of the molecule is CC1CCC(CO)CN1Cc1ccc2c(c1)CCO2. The maximum absolute atomic E-state index is 9.34. The molecule has 3 nitrogen and oxygen atoms in total. The van der Waals surface area contributed by atoms with Crippen LogP contribution in [0.3, 0.4) is 0 Å². The highest BCUT2D eigenvalue weighted by molar-refractivity contribution is 5.39. The molecule has 0 spiro atoms. The molecule has 1 saturated heterocycles. The Labute approximate surface area is 115 Å². The molecule has 2 heterocycles. The van der Waals surface area contributed by atoms with Crippen molar-refractivity contribution in [3.05, 3.63) is 29.3 Å². The molecule has 1 fully saturated rings. The average molecular weight is 261 g/mol. The van der Waals surface area contributed by atoms with Crippen molar-refractivity contribution in [1.82, 2.24) is 4.90 Å². The molecule has 1 aromatic rings. The van der Waals surface area contributed by atoms with Gasteiger partial charge in [-0.3, -0.25) is 4.90 Å². The Morgan fingerprint density at radius 2 is 2.26 bits per heavy atom. The molecule has 1 N–H and O–H groups in total. The first-order valence-corrected chi connectivity index (χ1v) is 7.36. The van der Waals surface area contributed by atoms with Crippen LogP contribution in [0, 0.1) is 5.92 Å². The quantitative estimate of drug-likeness (QED) is 0.905. The molecule has 3 rings (SSSR count). The number of hydrogen-bond acceptors (Lipinski definition) is 3. The predicted octanol–water partition coefficient (Wildman–Crippen LogP) is 2.21. The smallest absolute Gasteiger partial charge is 0.122 e. The van der Waals surface area contributed by atoms with Crippen LogP contribution in [0.5, 0.6) is 5.75 Å². The Kier molecular flexibility index (Phi) is 3.76. The second-order valence-corrected chi connectivity index (χ2v) is 5.94. The maximum Gasteiger partial charge on any atom is 0.122 e. The summed E-state index contributed by atoms with van der Waals surface area (Å²) in [5.74, 6) is 1.51. The first-order chi connectivity index (χ1) is 9.26. The lowest BCUT2D eigenvalue weighted by Gasteiger charge is -2.37. The summed E-state index contributed by atoms with van der Waals surface area (Å²) >= 11 is 0. The average Bonchev–Trinajstić information content (AvgIpc) is 2.89. The Morgan fingerprint density at radius 1 is 1.37 bits per heavy atom. The fourth-order valence-electron chi connectivity index (χ4n) is 3.20. The van der Waals surface area contributed by atoms with Crippen LogP contribution in [-0.4, -0.2) is 35.8 Å². The molecular weight excluding hydrogens is 238 g/mol. The molecule has 0 aliphatic carbocycles. The van der Waals surface area contributed by atoms with Gasteiger partial charge in [-0.25, -0.2) is 0 Å². The second-order valence-electron chi connectivity index (χ2n) is 5.94. The Morgan fingerprint density at radius 3 is 3.11 bits per heavy atom. The van der Waals surface area contributed by atoms with Crippen molar-refractivity contribution in [3.63, 3.8) is 0 Å². The van der Waals surface area contributed by atoms with Crippen molar-refractivity contribution in [3.8, 4) is 5.75 Å². The van der Waals surface area contributed by atoms with Crippen LogP contribution in [0.2, 0.25) is 0 Å². The number of fused-ring (bicyclic) bond motifs is 1. The van der Waals surface area contributed by atoms with E-state index in [9.17, 15) is 5.11 Å². The lowest BCUT2D eigenvalue weighted by atomic mass is 9.93. The van der Waals surface area contributed by atoms with Crippen LogP contribution in [0.1, 0.15) is 30.9 Å². The monoisotopic (exact) mass is 261 g/mol. The fourth-order valence-corrected chi connectivity index (χ4v) is 3.20. The summed E-state index contributed by atoms with van der Waals surface area (Å²) in [6, 6.07) is 7.19. The molecule has 0 aromatic heterocycles. The van der Waals surface area contributed by atoms with Crippen molar-refractivity contribution in [2.24, 2.45) is 5.92 Å². The Hall–Kier alpha value is -1.06. The van der Waals surface area contributed by atoms with E-state index in [2.05, 4.69) is 30.0 Å². The third kappa shape index (κ3) is 2.77. The molecule has 19 heavy (non-hydrogen) atoms. The van der Waals surface area contributed by atoms with E-state index in [4.69, 9.17) is 4.74 Å². The molecule has 0 radical (unpaired) electrons. The maximum atomic E-state index is 9.34. The molecule has 2 unspecified atom stereocenters. The van der Waals surface area contributed by atoms with Gasteiger partial charge in [0.1, 0.15) is 5.75 Å². The summed E-state index contributed by atoms with van der Waals surface area (Å²) < 4.78 is 5.55. The zero-order valence-corrected chi connectivity index (χ0v) is 11.6. The third-order valence-corrected chi connectivity index (χ3v) is 4.51. The van der Waals surface area contributed by atoms with Gasteiger partial charge in [0, 0.05) is 32.2 Å². The largest absolute Gasteiger partial charge is 0.493 e. The third-order valence-electron chi connectivity index (χ3n) is 4.51. The highest BCUT2D eigenvalue weighted by atomic mass is 16.5. The summed E-state index contributed by atoms with van der Waals surface area (Å²) in [5.41, 5.74) is 2.72. The topological polar surface area (TPSA) is 32.7 Å². The molecule has 3 heteroatoms. The molecule has 1 aromatic carbocycles. The molecular formula is C16H23NO2. The number of piperidine rings is 1. The lowest BCUT2D eigenvalue weighted by molar-refractivity contribution is 0.0771. The summed E-state index contributed by atoms with van der Waals surface area (Å²) in [6.07, 6.45) is 3.39. The zero-order chi connectivity index (χ0) is 13.2. The van der Waals surface area contributed by atoms with Gasteiger partial charge < -0.3 is 9.84 Å². The van der Waals surface area contributed by atoms with Gasteiger partial charge in [0.25, 0.3) is 0 Å². The highest BCUT2D eigenvalue weighted by Crippen LogP contribution is 2.28. The number of rotatable bonds is 3. The number of aliphatic hydroxyl groups is 1. The van der Waals surface area contributed by atoms with E-state index in [-0.39, 0.29) is 0 Å². The number of hydrogen-bond donors (Lipinski definition) is 1. The van der Waals surface area contributed by atoms with E-state index in [1.54, 1.807) is 0 Å². The predicted molar refractivity (Wildman–Crippen MR) is 75.3 cm³/mol. The van der Waals surface area contributed by atoms with Crippen LogP contribution in [0.4, 0.5) is 0 Å². The molecule has 2 aliphatic rings. The molecule has 0 amide bonds. The highest BCUT2D eigenvalue weighted by Gasteiger charge is 2.25. The van der Waals surface area contributed by atoms with E-state index in [0.29, 0.717) is 18.6 Å². The van der Waals surface area contributed by atoms with Crippen molar-refractivity contribution in [2.75, 3.05) is 19.8 Å². The molecule has 0 saturated carbocycles. The standard InChI is InChI=1S/C16H23NO2/c1-12-2-3-14(11-18)10-17(12)9-13-4-5-16-15(8-13)6-7-19-16/h4-5,8,12,14,18H,2-3,6-7,9-11H2,1H3. The van der Waals surface area contributed by atoms with Crippen molar-refractivity contribution in [2.45, 2.75) is 38.8 Å². The summed E-state index contributed by atoms with van der Waals surface area (Å²) in [4.78, 5) is 2.50. The fraction of sp³-hybridized carbons (Fsp3) is 0.625.